The van der Waals surface area contributed by atoms with E-state index in [2.05, 4.69) is 46.5 Å². The van der Waals surface area contributed by atoms with Gasteiger partial charge in [0, 0.05) is 28.7 Å². The van der Waals surface area contributed by atoms with Crippen LogP contribution < -0.4 is 10.6 Å². The summed E-state index contributed by atoms with van der Waals surface area (Å²) in [6, 6.07) is 12.4. The second kappa shape index (κ2) is 5.51. The first-order chi connectivity index (χ1) is 9.79. The second-order valence-electron chi connectivity index (χ2n) is 4.67. The second-order valence-corrected chi connectivity index (χ2v) is 5.70. The topological polar surface area (TPSA) is 42.1 Å². The van der Waals surface area contributed by atoms with Crippen molar-refractivity contribution in [2.24, 2.45) is 0 Å². The van der Waals surface area contributed by atoms with Gasteiger partial charge in [0.15, 0.2) is 0 Å². The van der Waals surface area contributed by atoms with Crippen molar-refractivity contribution in [3.8, 4) is 0 Å². The molecule has 4 heteroatoms. The largest absolute Gasteiger partial charge is 0.397 e. The fourth-order valence-corrected chi connectivity index (χ4v) is 3.13. The maximum Gasteiger partial charge on any atom is 0.0951 e. The van der Waals surface area contributed by atoms with Crippen molar-refractivity contribution in [2.45, 2.75) is 13.5 Å². The SMILES string of the molecule is CCN(Cc1cccs1)c1ccc(N)c2ncccc12. The lowest BCUT2D eigenvalue weighted by atomic mass is 10.1. The predicted octanol–water partition coefficient (Wildman–Crippen LogP) is 3.91. The van der Waals surface area contributed by atoms with E-state index in [9.17, 15) is 0 Å². The molecule has 0 aliphatic carbocycles. The molecule has 102 valence electrons. The average molecular weight is 283 g/mol. The number of nitrogen functional groups attached to an aromatic ring is 1. The predicted molar refractivity (Wildman–Crippen MR) is 87.2 cm³/mol. The van der Waals surface area contributed by atoms with Gasteiger partial charge in [-0.25, -0.2) is 0 Å². The maximum absolute atomic E-state index is 6.02. The Hall–Kier alpha value is -2.07. The van der Waals surface area contributed by atoms with E-state index in [4.69, 9.17) is 5.73 Å². The lowest BCUT2D eigenvalue weighted by molar-refractivity contribution is 0.846. The van der Waals surface area contributed by atoms with Gasteiger partial charge in [-0.15, -0.1) is 11.3 Å². The van der Waals surface area contributed by atoms with E-state index in [-0.39, 0.29) is 0 Å². The molecule has 0 saturated carbocycles. The summed E-state index contributed by atoms with van der Waals surface area (Å²) in [7, 11) is 0. The van der Waals surface area contributed by atoms with E-state index in [1.165, 1.54) is 10.6 Å². The van der Waals surface area contributed by atoms with Crippen LogP contribution >= 0.6 is 11.3 Å². The zero-order valence-corrected chi connectivity index (χ0v) is 12.2. The quantitative estimate of drug-likeness (QED) is 0.738. The molecule has 3 aromatic rings. The van der Waals surface area contributed by atoms with Crippen molar-refractivity contribution < 1.29 is 0 Å². The molecule has 0 spiro atoms. The van der Waals surface area contributed by atoms with Gasteiger partial charge in [-0.05, 0) is 42.6 Å². The number of hydrogen-bond acceptors (Lipinski definition) is 4. The number of rotatable bonds is 4. The van der Waals surface area contributed by atoms with Crippen molar-refractivity contribution in [3.05, 3.63) is 52.9 Å². The van der Waals surface area contributed by atoms with Gasteiger partial charge in [-0.1, -0.05) is 6.07 Å². The highest BCUT2D eigenvalue weighted by Gasteiger charge is 2.11. The molecule has 2 heterocycles. The number of anilines is 2. The van der Waals surface area contributed by atoms with E-state index in [0.29, 0.717) is 0 Å². The molecule has 0 unspecified atom stereocenters. The van der Waals surface area contributed by atoms with Crippen LogP contribution in [0.15, 0.2) is 48.0 Å². The van der Waals surface area contributed by atoms with E-state index < -0.39 is 0 Å². The van der Waals surface area contributed by atoms with Crippen LogP contribution in [0.2, 0.25) is 0 Å². The maximum atomic E-state index is 6.02. The number of aromatic nitrogens is 1. The fourth-order valence-electron chi connectivity index (χ4n) is 2.41. The van der Waals surface area contributed by atoms with Crippen LogP contribution in [0.1, 0.15) is 11.8 Å². The molecule has 0 aliphatic heterocycles. The normalized spacial score (nSPS) is 10.8. The molecule has 0 radical (unpaired) electrons. The molecular formula is C16H17N3S. The number of fused-ring (bicyclic) bond motifs is 1. The number of nitrogens with zero attached hydrogens (tertiary/aromatic N) is 2. The molecule has 3 rings (SSSR count). The van der Waals surface area contributed by atoms with Gasteiger partial charge >= 0.3 is 0 Å². The Morgan fingerprint density at radius 1 is 1.20 bits per heavy atom. The summed E-state index contributed by atoms with van der Waals surface area (Å²) < 4.78 is 0. The number of pyridine rings is 1. The first kappa shape index (κ1) is 12.9. The molecular weight excluding hydrogens is 266 g/mol. The molecule has 0 atom stereocenters. The van der Waals surface area contributed by atoms with Gasteiger partial charge in [-0.2, -0.15) is 0 Å². The Kier molecular flexibility index (Phi) is 3.56. The molecule has 2 N–H and O–H groups in total. The summed E-state index contributed by atoms with van der Waals surface area (Å²) in [5, 5.41) is 3.23. The monoisotopic (exact) mass is 283 g/mol. The third-order valence-electron chi connectivity index (χ3n) is 3.43. The Balaban J connectivity index is 2.05. The molecule has 1 aromatic carbocycles. The van der Waals surface area contributed by atoms with Crippen molar-refractivity contribution in [2.75, 3.05) is 17.2 Å². The summed E-state index contributed by atoms with van der Waals surface area (Å²) in [6.07, 6.45) is 1.79. The van der Waals surface area contributed by atoms with Crippen molar-refractivity contribution in [1.29, 1.82) is 0 Å². The Bertz CT molecular complexity index is 707. The van der Waals surface area contributed by atoms with Gasteiger partial charge < -0.3 is 10.6 Å². The van der Waals surface area contributed by atoms with Gasteiger partial charge in [-0.3, -0.25) is 4.98 Å². The smallest absolute Gasteiger partial charge is 0.0951 e. The van der Waals surface area contributed by atoms with Gasteiger partial charge in [0.05, 0.1) is 17.7 Å². The minimum atomic E-state index is 0.733. The summed E-state index contributed by atoms with van der Waals surface area (Å²) in [6.45, 7) is 4.04. The van der Waals surface area contributed by atoms with Crippen LogP contribution in [0.25, 0.3) is 10.9 Å². The van der Waals surface area contributed by atoms with E-state index in [1.54, 1.807) is 17.5 Å². The molecule has 2 aromatic heterocycles. The Labute approximate surface area is 122 Å². The standard InChI is InChI=1S/C16H17N3S/c1-2-19(11-12-5-4-10-20-12)15-8-7-14(17)16-13(15)6-3-9-18-16/h3-10H,2,11,17H2,1H3. The van der Waals surface area contributed by atoms with E-state index in [0.717, 1.165) is 29.7 Å². The van der Waals surface area contributed by atoms with Crippen molar-refractivity contribution in [1.82, 2.24) is 4.98 Å². The molecule has 3 nitrogen and oxygen atoms in total. The first-order valence-corrected chi connectivity index (χ1v) is 7.58. The summed E-state index contributed by atoms with van der Waals surface area (Å²) in [5.41, 5.74) is 8.83. The van der Waals surface area contributed by atoms with Crippen LogP contribution in [0.3, 0.4) is 0 Å². The van der Waals surface area contributed by atoms with Crippen LogP contribution in [0.5, 0.6) is 0 Å². The average Bonchev–Trinajstić information content (AvgIpc) is 2.99. The number of hydrogen-bond donors (Lipinski definition) is 1. The number of nitrogens with two attached hydrogens (primary N) is 1. The minimum Gasteiger partial charge on any atom is -0.397 e. The van der Waals surface area contributed by atoms with Crippen LogP contribution in [0, 0.1) is 0 Å². The van der Waals surface area contributed by atoms with E-state index >= 15 is 0 Å². The van der Waals surface area contributed by atoms with Crippen molar-refractivity contribution in [3.63, 3.8) is 0 Å². The molecule has 0 fully saturated rings. The van der Waals surface area contributed by atoms with Gasteiger partial charge in [0.1, 0.15) is 0 Å². The number of benzene rings is 1. The highest BCUT2D eigenvalue weighted by Crippen LogP contribution is 2.30. The lowest BCUT2D eigenvalue weighted by Gasteiger charge is -2.24. The molecule has 20 heavy (non-hydrogen) atoms. The molecule has 0 amide bonds. The highest BCUT2D eigenvalue weighted by atomic mass is 32.1. The van der Waals surface area contributed by atoms with Crippen molar-refractivity contribution >= 4 is 33.6 Å². The molecule has 0 aliphatic rings. The van der Waals surface area contributed by atoms with Gasteiger partial charge in [0.2, 0.25) is 0 Å². The summed E-state index contributed by atoms with van der Waals surface area (Å²) in [4.78, 5) is 8.12. The highest BCUT2D eigenvalue weighted by molar-refractivity contribution is 7.09. The Morgan fingerprint density at radius 2 is 2.10 bits per heavy atom. The molecule has 0 bridgehead atoms. The Morgan fingerprint density at radius 3 is 2.85 bits per heavy atom. The first-order valence-electron chi connectivity index (χ1n) is 6.70. The third kappa shape index (κ3) is 2.34. The third-order valence-corrected chi connectivity index (χ3v) is 4.29. The lowest BCUT2D eigenvalue weighted by Crippen LogP contribution is -2.21. The number of thiophene rings is 1. The molecule has 0 saturated heterocycles. The van der Waals surface area contributed by atoms with E-state index in [1.807, 2.05) is 12.1 Å². The summed E-state index contributed by atoms with van der Waals surface area (Å²) in [5.74, 6) is 0. The van der Waals surface area contributed by atoms with Crippen LogP contribution in [0.4, 0.5) is 11.4 Å². The summed E-state index contributed by atoms with van der Waals surface area (Å²) >= 11 is 1.79. The zero-order valence-electron chi connectivity index (χ0n) is 11.4. The van der Waals surface area contributed by atoms with Crippen LogP contribution in [-0.4, -0.2) is 11.5 Å². The zero-order chi connectivity index (χ0) is 13.9. The fraction of sp³-hybridized carbons (Fsp3) is 0.188. The van der Waals surface area contributed by atoms with Gasteiger partial charge in [0.25, 0.3) is 0 Å². The van der Waals surface area contributed by atoms with Crippen LogP contribution in [-0.2, 0) is 6.54 Å². The minimum absolute atomic E-state index is 0.733.